The van der Waals surface area contributed by atoms with Crippen molar-refractivity contribution in [3.63, 3.8) is 0 Å². The van der Waals surface area contributed by atoms with Crippen molar-refractivity contribution in [2.24, 2.45) is 0 Å². The lowest BCUT2D eigenvalue weighted by molar-refractivity contribution is -0.141. The number of carbonyl (C=O) groups is 1. The van der Waals surface area contributed by atoms with E-state index in [9.17, 15) is 4.79 Å². The van der Waals surface area contributed by atoms with E-state index in [1.54, 1.807) is 0 Å². The predicted octanol–water partition coefficient (Wildman–Crippen LogP) is 0.686. The minimum atomic E-state index is -0.545. The number of H-pyrrole nitrogens is 1. The van der Waals surface area contributed by atoms with Crippen molar-refractivity contribution >= 4 is 5.91 Å². The Labute approximate surface area is 129 Å². The van der Waals surface area contributed by atoms with Gasteiger partial charge in [-0.3, -0.25) is 14.8 Å². The summed E-state index contributed by atoms with van der Waals surface area (Å²) in [4.78, 5) is 21.2. The van der Waals surface area contributed by atoms with Gasteiger partial charge in [-0.1, -0.05) is 0 Å². The maximum Gasteiger partial charge on any atom is 0.248 e. The van der Waals surface area contributed by atoms with Crippen LogP contribution in [-0.2, 0) is 16.9 Å². The molecule has 0 aromatic carbocycles. The van der Waals surface area contributed by atoms with E-state index < -0.39 is 5.54 Å². The summed E-state index contributed by atoms with van der Waals surface area (Å²) in [5.74, 6) is 1.04. The maximum absolute atomic E-state index is 12.8. The third-order valence-corrected chi connectivity index (χ3v) is 4.27. The molecule has 0 atom stereocenters. The van der Waals surface area contributed by atoms with Gasteiger partial charge in [0.25, 0.3) is 0 Å². The zero-order valence-corrected chi connectivity index (χ0v) is 13.1. The van der Waals surface area contributed by atoms with Gasteiger partial charge < -0.3 is 9.47 Å². The van der Waals surface area contributed by atoms with E-state index in [4.69, 9.17) is 0 Å². The Morgan fingerprint density at radius 3 is 2.50 bits per heavy atom. The summed E-state index contributed by atoms with van der Waals surface area (Å²) in [5.41, 5.74) is -0.545. The van der Waals surface area contributed by atoms with E-state index in [1.165, 1.54) is 6.33 Å². The molecule has 1 amide bonds. The molecule has 0 saturated carbocycles. The summed E-state index contributed by atoms with van der Waals surface area (Å²) in [6.45, 7) is 7.90. The van der Waals surface area contributed by atoms with Gasteiger partial charge in [0, 0.05) is 38.6 Å². The molecule has 0 aliphatic carbocycles. The Kier molecular flexibility index (Phi) is 3.98. The second-order valence-electron chi connectivity index (χ2n) is 6.15. The van der Waals surface area contributed by atoms with Crippen LogP contribution in [-0.4, -0.2) is 61.6 Å². The smallest absolute Gasteiger partial charge is 0.248 e. The standard InChI is InChI=1S/C15H22N6O/c1-15(2,21-5-3-4-6-21)14(22)20-9-7-19(8-10-20)11-13-16-12-17-18-13/h3-6,12H,7-11H2,1-2H3,(H,16,17,18). The first-order valence-electron chi connectivity index (χ1n) is 7.57. The number of amides is 1. The molecular formula is C15H22N6O. The molecular weight excluding hydrogens is 280 g/mol. The van der Waals surface area contributed by atoms with Crippen molar-refractivity contribution in [2.45, 2.75) is 25.9 Å². The molecule has 2 aromatic rings. The highest BCUT2D eigenvalue weighted by atomic mass is 16.2. The van der Waals surface area contributed by atoms with Crippen molar-refractivity contribution in [3.05, 3.63) is 36.7 Å². The van der Waals surface area contributed by atoms with Gasteiger partial charge in [-0.2, -0.15) is 5.10 Å². The van der Waals surface area contributed by atoms with Crippen LogP contribution in [0.3, 0.4) is 0 Å². The molecule has 1 fully saturated rings. The van der Waals surface area contributed by atoms with E-state index in [-0.39, 0.29) is 5.91 Å². The van der Waals surface area contributed by atoms with Crippen LogP contribution >= 0.6 is 0 Å². The number of rotatable bonds is 4. The molecule has 22 heavy (non-hydrogen) atoms. The molecule has 3 heterocycles. The van der Waals surface area contributed by atoms with E-state index in [0.29, 0.717) is 0 Å². The topological polar surface area (TPSA) is 70.1 Å². The maximum atomic E-state index is 12.8. The fourth-order valence-electron chi connectivity index (χ4n) is 2.83. The third kappa shape index (κ3) is 2.89. The van der Waals surface area contributed by atoms with Gasteiger partial charge in [-0.15, -0.1) is 0 Å². The summed E-state index contributed by atoms with van der Waals surface area (Å²) in [6.07, 6.45) is 5.41. The molecule has 1 N–H and O–H groups in total. The Hall–Kier alpha value is -2.15. The van der Waals surface area contributed by atoms with Crippen LogP contribution in [0.5, 0.6) is 0 Å². The molecule has 0 bridgehead atoms. The van der Waals surface area contributed by atoms with Crippen LogP contribution in [0.4, 0.5) is 0 Å². The molecule has 0 unspecified atom stereocenters. The van der Waals surface area contributed by atoms with Crippen LogP contribution in [0.1, 0.15) is 19.7 Å². The van der Waals surface area contributed by atoms with Crippen molar-refractivity contribution in [2.75, 3.05) is 26.2 Å². The molecule has 118 valence electrons. The van der Waals surface area contributed by atoms with E-state index in [0.717, 1.165) is 38.5 Å². The first-order chi connectivity index (χ1) is 10.6. The van der Waals surface area contributed by atoms with E-state index in [2.05, 4.69) is 20.1 Å². The highest BCUT2D eigenvalue weighted by Gasteiger charge is 2.34. The second-order valence-corrected chi connectivity index (χ2v) is 6.15. The highest BCUT2D eigenvalue weighted by Crippen LogP contribution is 2.20. The Morgan fingerprint density at radius 2 is 1.91 bits per heavy atom. The number of nitrogens with one attached hydrogen (secondary N) is 1. The first kappa shape index (κ1) is 14.8. The fraction of sp³-hybridized carbons (Fsp3) is 0.533. The van der Waals surface area contributed by atoms with E-state index in [1.807, 2.05) is 47.8 Å². The van der Waals surface area contributed by atoms with Crippen molar-refractivity contribution < 1.29 is 4.79 Å². The van der Waals surface area contributed by atoms with E-state index >= 15 is 0 Å². The van der Waals surface area contributed by atoms with Crippen LogP contribution in [0, 0.1) is 0 Å². The summed E-state index contributed by atoms with van der Waals surface area (Å²) in [5, 5.41) is 6.74. The minimum Gasteiger partial charge on any atom is -0.340 e. The Bertz CT molecular complexity index is 596. The molecule has 0 spiro atoms. The first-order valence-corrected chi connectivity index (χ1v) is 7.57. The molecule has 7 heteroatoms. The molecule has 1 aliphatic heterocycles. The van der Waals surface area contributed by atoms with Crippen LogP contribution in [0.2, 0.25) is 0 Å². The Balaban J connectivity index is 1.58. The summed E-state index contributed by atoms with van der Waals surface area (Å²) < 4.78 is 1.97. The number of hydrogen-bond acceptors (Lipinski definition) is 4. The lowest BCUT2D eigenvalue weighted by Gasteiger charge is -2.38. The molecule has 2 aromatic heterocycles. The monoisotopic (exact) mass is 302 g/mol. The fourth-order valence-corrected chi connectivity index (χ4v) is 2.83. The number of hydrogen-bond donors (Lipinski definition) is 1. The predicted molar refractivity (Wildman–Crippen MR) is 82.0 cm³/mol. The summed E-state index contributed by atoms with van der Waals surface area (Å²) in [6, 6.07) is 3.90. The molecule has 3 rings (SSSR count). The van der Waals surface area contributed by atoms with Gasteiger partial charge in [0.1, 0.15) is 17.7 Å². The largest absolute Gasteiger partial charge is 0.340 e. The van der Waals surface area contributed by atoms with Crippen LogP contribution < -0.4 is 0 Å². The zero-order valence-electron chi connectivity index (χ0n) is 13.1. The number of piperazine rings is 1. The Morgan fingerprint density at radius 1 is 1.23 bits per heavy atom. The summed E-state index contributed by atoms with van der Waals surface area (Å²) >= 11 is 0. The number of aromatic amines is 1. The second kappa shape index (κ2) is 5.92. The summed E-state index contributed by atoms with van der Waals surface area (Å²) in [7, 11) is 0. The van der Waals surface area contributed by atoms with Crippen LogP contribution in [0.25, 0.3) is 0 Å². The highest BCUT2D eigenvalue weighted by molar-refractivity contribution is 5.83. The van der Waals surface area contributed by atoms with Gasteiger partial charge in [0.2, 0.25) is 5.91 Å². The average Bonchev–Trinajstić information content (AvgIpc) is 3.21. The molecule has 1 aliphatic rings. The van der Waals surface area contributed by atoms with Crippen molar-refractivity contribution in [3.8, 4) is 0 Å². The zero-order chi connectivity index (χ0) is 15.6. The van der Waals surface area contributed by atoms with Gasteiger partial charge in [0.15, 0.2) is 0 Å². The SMILES string of the molecule is CC(C)(C(=O)N1CCN(Cc2ncn[nH]2)CC1)n1cccc1. The van der Waals surface area contributed by atoms with Gasteiger partial charge in [-0.05, 0) is 26.0 Å². The number of nitrogens with zero attached hydrogens (tertiary/aromatic N) is 5. The van der Waals surface area contributed by atoms with Crippen LogP contribution in [0.15, 0.2) is 30.9 Å². The normalized spacial score (nSPS) is 16.9. The van der Waals surface area contributed by atoms with Gasteiger partial charge in [-0.25, -0.2) is 4.98 Å². The average molecular weight is 302 g/mol. The number of carbonyl (C=O) groups excluding carboxylic acids is 1. The van der Waals surface area contributed by atoms with Gasteiger partial charge >= 0.3 is 0 Å². The molecule has 1 saturated heterocycles. The third-order valence-electron chi connectivity index (χ3n) is 4.27. The number of aromatic nitrogens is 4. The lowest BCUT2D eigenvalue weighted by Crippen LogP contribution is -2.54. The van der Waals surface area contributed by atoms with Crippen molar-refractivity contribution in [1.29, 1.82) is 0 Å². The molecule has 7 nitrogen and oxygen atoms in total. The minimum absolute atomic E-state index is 0.169. The quantitative estimate of drug-likeness (QED) is 0.902. The van der Waals surface area contributed by atoms with Gasteiger partial charge in [0.05, 0.1) is 6.54 Å². The lowest BCUT2D eigenvalue weighted by atomic mass is 10.0. The van der Waals surface area contributed by atoms with Crippen molar-refractivity contribution in [1.82, 2.24) is 29.5 Å². The molecule has 0 radical (unpaired) electrons.